The zero-order valence-electron chi connectivity index (χ0n) is 9.83. The molecule has 0 aliphatic carbocycles. The first kappa shape index (κ1) is 14.2. The fraction of sp³-hybridized carbons (Fsp3) is 1.00. The molecule has 0 aliphatic rings. The van der Waals surface area contributed by atoms with Gasteiger partial charge in [0.25, 0.3) is 0 Å². The average molecular weight is 220 g/mol. The second kappa shape index (κ2) is 7.48. The first-order chi connectivity index (χ1) is 6.48. The van der Waals surface area contributed by atoms with Gasteiger partial charge in [-0.1, -0.05) is 40.0 Å². The van der Waals surface area contributed by atoms with Gasteiger partial charge in [-0.15, -0.1) is 0 Å². The Kier molecular flexibility index (Phi) is 7.58. The summed E-state index contributed by atoms with van der Waals surface area (Å²) >= 11 is 0. The summed E-state index contributed by atoms with van der Waals surface area (Å²) in [5.74, 6) is 0.644. The van der Waals surface area contributed by atoms with Crippen LogP contribution in [0.1, 0.15) is 52.9 Å². The molecule has 86 valence electrons. The van der Waals surface area contributed by atoms with Crippen LogP contribution in [-0.4, -0.2) is 17.2 Å². The van der Waals surface area contributed by atoms with Crippen molar-refractivity contribution in [2.45, 2.75) is 52.9 Å². The predicted octanol–water partition coefficient (Wildman–Crippen LogP) is 3.88. The van der Waals surface area contributed by atoms with Crippen molar-refractivity contribution in [3.63, 3.8) is 0 Å². The average Bonchev–Trinajstić information content (AvgIpc) is 2.03. The fourth-order valence-corrected chi connectivity index (χ4v) is 3.09. The Morgan fingerprint density at radius 3 is 2.21 bits per heavy atom. The maximum absolute atomic E-state index is 11.6. The summed E-state index contributed by atoms with van der Waals surface area (Å²) in [6.45, 7) is 6.42. The van der Waals surface area contributed by atoms with Crippen molar-refractivity contribution in [1.82, 2.24) is 0 Å². The van der Waals surface area contributed by atoms with E-state index in [2.05, 4.69) is 20.8 Å². The molecule has 1 unspecified atom stereocenters. The van der Waals surface area contributed by atoms with Gasteiger partial charge < -0.3 is 4.89 Å². The van der Waals surface area contributed by atoms with Gasteiger partial charge in [0.05, 0.1) is 0 Å². The lowest BCUT2D eigenvalue weighted by molar-refractivity contribution is 0.467. The second-order valence-electron chi connectivity index (χ2n) is 4.54. The highest BCUT2D eigenvalue weighted by atomic mass is 31.2. The van der Waals surface area contributed by atoms with Gasteiger partial charge in [0.15, 0.2) is 0 Å². The minimum atomic E-state index is -2.78. The third kappa shape index (κ3) is 8.77. The molecule has 0 aromatic heterocycles. The van der Waals surface area contributed by atoms with Crippen LogP contribution in [0.15, 0.2) is 0 Å². The third-order valence-corrected chi connectivity index (χ3v) is 4.43. The van der Waals surface area contributed by atoms with Crippen LogP contribution in [0.25, 0.3) is 0 Å². The van der Waals surface area contributed by atoms with Crippen molar-refractivity contribution >= 4 is 7.37 Å². The van der Waals surface area contributed by atoms with E-state index in [1.165, 1.54) is 0 Å². The zero-order chi connectivity index (χ0) is 11.0. The van der Waals surface area contributed by atoms with E-state index in [0.717, 1.165) is 32.1 Å². The lowest BCUT2D eigenvalue weighted by Gasteiger charge is -2.11. The Labute approximate surface area is 88.6 Å². The first-order valence-corrected chi connectivity index (χ1v) is 7.82. The van der Waals surface area contributed by atoms with Gasteiger partial charge in [0.2, 0.25) is 7.37 Å². The molecule has 0 rings (SSSR count). The van der Waals surface area contributed by atoms with Crippen LogP contribution in [0.2, 0.25) is 0 Å². The Hall–Kier alpha value is 0.190. The molecule has 0 aliphatic heterocycles. The molecular weight excluding hydrogens is 195 g/mol. The first-order valence-electron chi connectivity index (χ1n) is 5.79. The van der Waals surface area contributed by atoms with Gasteiger partial charge in [-0.25, -0.2) is 0 Å². The standard InChI is InChI=1S/C11H25O2P/c1-4-5-6-9-14(12,13)10-7-8-11(2)3/h11H,4-10H2,1-3H3,(H,12,13). The van der Waals surface area contributed by atoms with Crippen molar-refractivity contribution in [3.8, 4) is 0 Å². The van der Waals surface area contributed by atoms with E-state index in [-0.39, 0.29) is 0 Å². The summed E-state index contributed by atoms with van der Waals surface area (Å²) in [6.07, 6.45) is 6.12. The van der Waals surface area contributed by atoms with Crippen LogP contribution in [0, 0.1) is 5.92 Å². The van der Waals surface area contributed by atoms with E-state index >= 15 is 0 Å². The van der Waals surface area contributed by atoms with Crippen molar-refractivity contribution in [3.05, 3.63) is 0 Å². The molecule has 0 aromatic rings. The van der Waals surface area contributed by atoms with E-state index in [0.29, 0.717) is 18.2 Å². The molecule has 14 heavy (non-hydrogen) atoms. The normalized spacial score (nSPS) is 15.8. The molecule has 1 N–H and O–H groups in total. The molecule has 0 aromatic carbocycles. The SMILES string of the molecule is CCCCCP(=O)(O)CCCC(C)C. The van der Waals surface area contributed by atoms with E-state index in [4.69, 9.17) is 0 Å². The fourth-order valence-electron chi connectivity index (χ4n) is 1.47. The van der Waals surface area contributed by atoms with Crippen molar-refractivity contribution in [2.24, 2.45) is 5.92 Å². The molecule has 0 saturated heterocycles. The van der Waals surface area contributed by atoms with Crippen LogP contribution < -0.4 is 0 Å². The number of unbranched alkanes of at least 4 members (excludes halogenated alkanes) is 2. The summed E-state index contributed by atoms with van der Waals surface area (Å²) in [5.41, 5.74) is 0. The van der Waals surface area contributed by atoms with Crippen molar-refractivity contribution in [1.29, 1.82) is 0 Å². The monoisotopic (exact) mass is 220 g/mol. The van der Waals surface area contributed by atoms with Gasteiger partial charge in [0, 0.05) is 12.3 Å². The van der Waals surface area contributed by atoms with Crippen LogP contribution in [-0.2, 0) is 4.57 Å². The number of rotatable bonds is 8. The number of hydrogen-bond donors (Lipinski definition) is 1. The smallest absolute Gasteiger partial charge is 0.200 e. The van der Waals surface area contributed by atoms with Crippen LogP contribution in [0.5, 0.6) is 0 Å². The molecule has 0 fully saturated rings. The Bertz CT molecular complexity index is 178. The maximum Gasteiger partial charge on any atom is 0.200 e. The minimum absolute atomic E-state index is 0.523. The highest BCUT2D eigenvalue weighted by Crippen LogP contribution is 2.42. The molecule has 0 spiro atoms. The Balaban J connectivity index is 3.56. The van der Waals surface area contributed by atoms with E-state index in [1.807, 2.05) is 0 Å². The summed E-state index contributed by atoms with van der Waals surface area (Å²) in [5, 5.41) is 0. The topological polar surface area (TPSA) is 37.3 Å². The van der Waals surface area contributed by atoms with Gasteiger partial charge >= 0.3 is 0 Å². The van der Waals surface area contributed by atoms with Gasteiger partial charge in [-0.05, 0) is 18.8 Å². The Morgan fingerprint density at radius 2 is 1.71 bits per heavy atom. The lowest BCUT2D eigenvalue weighted by Crippen LogP contribution is -1.97. The van der Waals surface area contributed by atoms with E-state index in [9.17, 15) is 9.46 Å². The van der Waals surface area contributed by atoms with Crippen molar-refractivity contribution < 1.29 is 9.46 Å². The quantitative estimate of drug-likeness (QED) is 0.498. The summed E-state index contributed by atoms with van der Waals surface area (Å²) in [4.78, 5) is 9.61. The molecule has 3 heteroatoms. The molecule has 2 nitrogen and oxygen atoms in total. The molecule has 0 heterocycles. The second-order valence-corrected chi connectivity index (χ2v) is 7.12. The minimum Gasteiger partial charge on any atom is -0.344 e. The molecule has 1 atom stereocenters. The van der Waals surface area contributed by atoms with E-state index < -0.39 is 7.37 Å². The maximum atomic E-state index is 11.6. The number of hydrogen-bond acceptors (Lipinski definition) is 1. The van der Waals surface area contributed by atoms with Crippen LogP contribution in [0.4, 0.5) is 0 Å². The van der Waals surface area contributed by atoms with Crippen molar-refractivity contribution in [2.75, 3.05) is 12.3 Å². The molecule has 0 radical (unpaired) electrons. The van der Waals surface area contributed by atoms with Gasteiger partial charge in [-0.2, -0.15) is 0 Å². The summed E-state index contributed by atoms with van der Waals surface area (Å²) in [6, 6.07) is 0. The van der Waals surface area contributed by atoms with Crippen LogP contribution in [0.3, 0.4) is 0 Å². The highest BCUT2D eigenvalue weighted by Gasteiger charge is 2.16. The molecular formula is C11H25O2P. The molecule has 0 amide bonds. The van der Waals surface area contributed by atoms with Gasteiger partial charge in [-0.3, -0.25) is 4.57 Å². The molecule has 0 bridgehead atoms. The van der Waals surface area contributed by atoms with Gasteiger partial charge in [0.1, 0.15) is 0 Å². The highest BCUT2D eigenvalue weighted by molar-refractivity contribution is 7.57. The predicted molar refractivity (Wildman–Crippen MR) is 63.2 cm³/mol. The third-order valence-electron chi connectivity index (χ3n) is 2.40. The lowest BCUT2D eigenvalue weighted by atomic mass is 10.1. The largest absolute Gasteiger partial charge is 0.344 e. The Morgan fingerprint density at radius 1 is 1.14 bits per heavy atom. The summed E-state index contributed by atoms with van der Waals surface area (Å²) < 4.78 is 11.6. The summed E-state index contributed by atoms with van der Waals surface area (Å²) in [7, 11) is -2.78. The molecule has 0 saturated carbocycles. The zero-order valence-corrected chi connectivity index (χ0v) is 10.7. The van der Waals surface area contributed by atoms with Crippen LogP contribution >= 0.6 is 7.37 Å². The van der Waals surface area contributed by atoms with E-state index in [1.54, 1.807) is 0 Å².